The van der Waals surface area contributed by atoms with E-state index in [-0.39, 0.29) is 18.6 Å². The molecule has 0 N–H and O–H groups in total. The highest BCUT2D eigenvalue weighted by molar-refractivity contribution is 9.10. The first-order valence-electron chi connectivity index (χ1n) is 8.52. The molecule has 138 valence electrons. The van der Waals surface area contributed by atoms with E-state index in [1.165, 1.54) is 0 Å². The molecule has 0 saturated carbocycles. The highest BCUT2D eigenvalue weighted by atomic mass is 79.9. The van der Waals surface area contributed by atoms with Crippen molar-refractivity contribution in [3.8, 4) is 17.2 Å². The van der Waals surface area contributed by atoms with Gasteiger partial charge in [0.1, 0.15) is 17.2 Å². The van der Waals surface area contributed by atoms with E-state index in [9.17, 15) is 4.79 Å². The van der Waals surface area contributed by atoms with E-state index < -0.39 is 0 Å². The van der Waals surface area contributed by atoms with Crippen LogP contribution in [-0.2, 0) is 4.79 Å². The summed E-state index contributed by atoms with van der Waals surface area (Å²) in [5.74, 6) is 2.17. The minimum Gasteiger partial charge on any atom is -0.497 e. The van der Waals surface area contributed by atoms with Crippen LogP contribution in [0.15, 0.2) is 46.9 Å². The Balaban J connectivity index is 1.73. The van der Waals surface area contributed by atoms with Crippen LogP contribution in [0.5, 0.6) is 17.2 Å². The average molecular weight is 420 g/mol. The lowest BCUT2D eigenvalue weighted by Gasteiger charge is -2.26. The largest absolute Gasteiger partial charge is 0.497 e. The number of rotatable bonds is 6. The van der Waals surface area contributed by atoms with Crippen molar-refractivity contribution in [1.29, 1.82) is 0 Å². The van der Waals surface area contributed by atoms with Gasteiger partial charge in [-0.05, 0) is 55.3 Å². The maximum atomic E-state index is 12.7. The Bertz CT molecular complexity index is 763. The molecule has 0 aliphatic carbocycles. The molecule has 1 fully saturated rings. The first kappa shape index (κ1) is 18.6. The summed E-state index contributed by atoms with van der Waals surface area (Å²) in [6, 6.07) is 13.1. The fourth-order valence-electron chi connectivity index (χ4n) is 3.25. The van der Waals surface area contributed by atoms with Crippen molar-refractivity contribution < 1.29 is 19.0 Å². The van der Waals surface area contributed by atoms with Gasteiger partial charge in [-0.15, -0.1) is 0 Å². The SMILES string of the molecule is COc1ccc(OC)c([C@H]2CCCN2C(=O)COc2ccc(Br)cc2)c1. The number of carbonyl (C=O) groups excluding carboxylic acids is 1. The monoisotopic (exact) mass is 419 g/mol. The van der Waals surface area contributed by atoms with Crippen LogP contribution in [0.4, 0.5) is 0 Å². The smallest absolute Gasteiger partial charge is 0.261 e. The summed E-state index contributed by atoms with van der Waals surface area (Å²) >= 11 is 3.39. The van der Waals surface area contributed by atoms with Crippen molar-refractivity contribution in [2.24, 2.45) is 0 Å². The van der Waals surface area contributed by atoms with E-state index >= 15 is 0 Å². The molecule has 0 unspecified atom stereocenters. The van der Waals surface area contributed by atoms with E-state index in [1.54, 1.807) is 14.2 Å². The molecule has 6 heteroatoms. The zero-order valence-electron chi connectivity index (χ0n) is 14.9. The third-order valence-corrected chi connectivity index (χ3v) is 5.07. The molecule has 5 nitrogen and oxygen atoms in total. The van der Waals surface area contributed by atoms with Crippen LogP contribution in [0.2, 0.25) is 0 Å². The van der Waals surface area contributed by atoms with Gasteiger partial charge in [0.05, 0.1) is 20.3 Å². The Morgan fingerprint density at radius 1 is 1.12 bits per heavy atom. The number of hydrogen-bond acceptors (Lipinski definition) is 4. The van der Waals surface area contributed by atoms with Crippen LogP contribution in [0.3, 0.4) is 0 Å². The molecule has 0 radical (unpaired) electrons. The lowest BCUT2D eigenvalue weighted by molar-refractivity contribution is -0.134. The second kappa shape index (κ2) is 8.45. The van der Waals surface area contributed by atoms with Crippen LogP contribution in [0, 0.1) is 0 Å². The van der Waals surface area contributed by atoms with Crippen molar-refractivity contribution in [3.05, 3.63) is 52.5 Å². The average Bonchev–Trinajstić information content (AvgIpc) is 3.16. The highest BCUT2D eigenvalue weighted by Gasteiger charge is 2.32. The van der Waals surface area contributed by atoms with Gasteiger partial charge in [0, 0.05) is 16.6 Å². The summed E-state index contributed by atoms with van der Waals surface area (Å²) < 4.78 is 17.5. The van der Waals surface area contributed by atoms with Crippen LogP contribution in [0.25, 0.3) is 0 Å². The number of benzene rings is 2. The zero-order valence-corrected chi connectivity index (χ0v) is 16.5. The summed E-state index contributed by atoms with van der Waals surface area (Å²) in [6.07, 6.45) is 1.85. The van der Waals surface area contributed by atoms with Crippen molar-refractivity contribution in [3.63, 3.8) is 0 Å². The predicted octanol–water partition coefficient (Wildman–Crippen LogP) is 4.21. The molecule has 3 rings (SSSR count). The number of likely N-dealkylation sites (tertiary alicyclic amines) is 1. The van der Waals surface area contributed by atoms with Crippen LogP contribution >= 0.6 is 15.9 Å². The Hall–Kier alpha value is -2.21. The Morgan fingerprint density at radius 2 is 1.85 bits per heavy atom. The molecule has 1 aliphatic rings. The van der Waals surface area contributed by atoms with E-state index in [1.807, 2.05) is 47.4 Å². The summed E-state index contributed by atoms with van der Waals surface area (Å²) in [5.41, 5.74) is 0.973. The summed E-state index contributed by atoms with van der Waals surface area (Å²) in [6.45, 7) is 0.734. The van der Waals surface area contributed by atoms with Gasteiger partial charge in [-0.25, -0.2) is 0 Å². The first-order valence-corrected chi connectivity index (χ1v) is 9.31. The topological polar surface area (TPSA) is 48.0 Å². The maximum Gasteiger partial charge on any atom is 0.261 e. The summed E-state index contributed by atoms with van der Waals surface area (Å²) in [4.78, 5) is 14.6. The fourth-order valence-corrected chi connectivity index (χ4v) is 3.51. The van der Waals surface area contributed by atoms with E-state index in [0.29, 0.717) is 12.3 Å². The molecular weight excluding hydrogens is 398 g/mol. The van der Waals surface area contributed by atoms with Gasteiger partial charge in [0.15, 0.2) is 6.61 Å². The normalized spacial score (nSPS) is 16.4. The molecule has 2 aromatic carbocycles. The third kappa shape index (κ3) is 4.12. The summed E-state index contributed by atoms with van der Waals surface area (Å²) in [7, 11) is 3.28. The van der Waals surface area contributed by atoms with Gasteiger partial charge in [-0.1, -0.05) is 15.9 Å². The minimum atomic E-state index is -0.0275. The number of methoxy groups -OCH3 is 2. The zero-order chi connectivity index (χ0) is 18.5. The Labute approximate surface area is 162 Å². The van der Waals surface area contributed by atoms with Gasteiger partial charge >= 0.3 is 0 Å². The van der Waals surface area contributed by atoms with Gasteiger partial charge in [-0.3, -0.25) is 4.79 Å². The molecule has 0 bridgehead atoms. The van der Waals surface area contributed by atoms with Crippen LogP contribution < -0.4 is 14.2 Å². The molecule has 26 heavy (non-hydrogen) atoms. The van der Waals surface area contributed by atoms with Gasteiger partial charge in [0.2, 0.25) is 0 Å². The number of amides is 1. The van der Waals surface area contributed by atoms with Gasteiger partial charge in [-0.2, -0.15) is 0 Å². The van der Waals surface area contributed by atoms with Crippen molar-refractivity contribution in [1.82, 2.24) is 4.90 Å². The molecule has 1 atom stereocenters. The predicted molar refractivity (Wildman–Crippen MR) is 103 cm³/mol. The third-order valence-electron chi connectivity index (χ3n) is 4.54. The Morgan fingerprint density at radius 3 is 2.54 bits per heavy atom. The molecular formula is C20H22BrNO4. The lowest BCUT2D eigenvalue weighted by atomic mass is 10.0. The number of halogens is 1. The second-order valence-electron chi connectivity index (χ2n) is 6.10. The quantitative estimate of drug-likeness (QED) is 0.703. The molecule has 0 spiro atoms. The van der Waals surface area contributed by atoms with Crippen molar-refractivity contribution >= 4 is 21.8 Å². The van der Waals surface area contributed by atoms with E-state index in [0.717, 1.165) is 34.4 Å². The lowest BCUT2D eigenvalue weighted by Crippen LogP contribution is -2.34. The molecule has 1 heterocycles. The van der Waals surface area contributed by atoms with Crippen LogP contribution in [-0.4, -0.2) is 38.2 Å². The molecule has 0 aromatic heterocycles. The highest BCUT2D eigenvalue weighted by Crippen LogP contribution is 2.38. The molecule has 1 saturated heterocycles. The maximum absolute atomic E-state index is 12.7. The van der Waals surface area contributed by atoms with Gasteiger partial charge in [0.25, 0.3) is 5.91 Å². The molecule has 1 amide bonds. The number of carbonyl (C=O) groups is 1. The van der Waals surface area contributed by atoms with E-state index in [4.69, 9.17) is 14.2 Å². The van der Waals surface area contributed by atoms with E-state index in [2.05, 4.69) is 15.9 Å². The standard InChI is InChI=1S/C20H22BrNO4/c1-24-16-9-10-19(25-2)17(12-16)18-4-3-11-22(18)20(23)13-26-15-7-5-14(21)6-8-15/h5-10,12,18H,3-4,11,13H2,1-2H3/t18-/m1/s1. The van der Waals surface area contributed by atoms with Crippen LogP contribution in [0.1, 0.15) is 24.4 Å². The molecule has 2 aromatic rings. The fraction of sp³-hybridized carbons (Fsp3) is 0.350. The number of hydrogen-bond donors (Lipinski definition) is 0. The number of nitrogens with zero attached hydrogens (tertiary/aromatic N) is 1. The van der Waals surface area contributed by atoms with Crippen molar-refractivity contribution in [2.45, 2.75) is 18.9 Å². The second-order valence-corrected chi connectivity index (χ2v) is 7.01. The van der Waals surface area contributed by atoms with Gasteiger partial charge < -0.3 is 19.1 Å². The van der Waals surface area contributed by atoms with Crippen molar-refractivity contribution in [2.75, 3.05) is 27.4 Å². The molecule has 1 aliphatic heterocycles. The minimum absolute atomic E-state index is 0.0183. The first-order chi connectivity index (χ1) is 12.6. The Kier molecular flexibility index (Phi) is 6.04. The summed E-state index contributed by atoms with van der Waals surface area (Å²) in [5, 5.41) is 0. The number of ether oxygens (including phenoxy) is 3.